The van der Waals surface area contributed by atoms with Crippen molar-refractivity contribution in [2.75, 3.05) is 0 Å². The van der Waals surface area contributed by atoms with Crippen LogP contribution in [0.1, 0.15) is 64.0 Å². The lowest BCUT2D eigenvalue weighted by molar-refractivity contribution is 0.533. The molecule has 1 rings (SSSR count). The summed E-state index contributed by atoms with van der Waals surface area (Å²) in [4.78, 5) is 16.1. The van der Waals surface area contributed by atoms with Gasteiger partial charge in [0, 0.05) is 6.54 Å². The van der Waals surface area contributed by atoms with E-state index in [0.717, 1.165) is 18.7 Å². The van der Waals surface area contributed by atoms with Crippen molar-refractivity contribution in [1.82, 2.24) is 9.55 Å². The molecule has 1 aromatic rings. The highest BCUT2D eigenvalue weighted by atomic mass is 79.9. The molecular formula is C15H25BrN2O. The Balaban J connectivity index is 2.20. The van der Waals surface area contributed by atoms with Gasteiger partial charge < -0.3 is 0 Å². The van der Waals surface area contributed by atoms with Crippen molar-refractivity contribution < 1.29 is 0 Å². The van der Waals surface area contributed by atoms with Crippen molar-refractivity contribution in [2.45, 2.75) is 71.8 Å². The molecule has 4 heteroatoms. The minimum absolute atomic E-state index is 0.0374. The zero-order valence-electron chi connectivity index (χ0n) is 12.1. The third-order valence-electron chi connectivity index (χ3n) is 3.41. The summed E-state index contributed by atoms with van der Waals surface area (Å²) in [7, 11) is 0. The minimum atomic E-state index is 0.0374. The Kier molecular flexibility index (Phi) is 8.03. The van der Waals surface area contributed by atoms with Crippen LogP contribution in [0.4, 0.5) is 0 Å². The molecule has 0 fully saturated rings. The van der Waals surface area contributed by atoms with E-state index in [2.05, 4.69) is 27.8 Å². The fraction of sp³-hybridized carbons (Fsp3) is 0.733. The van der Waals surface area contributed by atoms with E-state index in [1.54, 1.807) is 10.9 Å². The Hall–Kier alpha value is -0.640. The van der Waals surface area contributed by atoms with Crippen LogP contribution in [0, 0.1) is 6.92 Å². The second kappa shape index (κ2) is 9.29. The van der Waals surface area contributed by atoms with Gasteiger partial charge in [0.25, 0.3) is 5.56 Å². The normalized spacial score (nSPS) is 10.9. The van der Waals surface area contributed by atoms with Crippen LogP contribution in [0.15, 0.2) is 15.6 Å². The highest BCUT2D eigenvalue weighted by Crippen LogP contribution is 2.10. The van der Waals surface area contributed by atoms with E-state index < -0.39 is 0 Å². The number of unbranched alkanes of at least 4 members (excludes halogenated alkanes) is 7. The van der Waals surface area contributed by atoms with Crippen molar-refractivity contribution >= 4 is 15.9 Å². The molecule has 108 valence electrons. The molecule has 0 aliphatic rings. The first-order valence-electron chi connectivity index (χ1n) is 7.38. The third-order valence-corrected chi connectivity index (χ3v) is 4.32. The SMILES string of the molecule is CCCCCCCCCCn1cnc(C)c(Br)c1=O. The summed E-state index contributed by atoms with van der Waals surface area (Å²) >= 11 is 3.29. The van der Waals surface area contributed by atoms with E-state index in [-0.39, 0.29) is 5.56 Å². The van der Waals surface area contributed by atoms with Crippen molar-refractivity contribution in [3.8, 4) is 0 Å². The molecule has 0 aliphatic carbocycles. The van der Waals surface area contributed by atoms with E-state index in [1.807, 2.05) is 6.92 Å². The summed E-state index contributed by atoms with van der Waals surface area (Å²) in [6, 6.07) is 0. The van der Waals surface area contributed by atoms with Gasteiger partial charge in [0.2, 0.25) is 0 Å². The fourth-order valence-electron chi connectivity index (χ4n) is 2.12. The van der Waals surface area contributed by atoms with Gasteiger partial charge in [-0.3, -0.25) is 9.36 Å². The molecule has 0 amide bonds. The van der Waals surface area contributed by atoms with Gasteiger partial charge in [-0.1, -0.05) is 51.9 Å². The van der Waals surface area contributed by atoms with E-state index in [1.165, 1.54) is 44.9 Å². The summed E-state index contributed by atoms with van der Waals surface area (Å²) in [6.45, 7) is 4.86. The van der Waals surface area contributed by atoms with Crippen LogP contribution in [0.25, 0.3) is 0 Å². The second-order valence-electron chi connectivity index (χ2n) is 5.12. The molecule has 0 aromatic carbocycles. The molecule has 0 radical (unpaired) electrons. The van der Waals surface area contributed by atoms with E-state index in [9.17, 15) is 4.79 Å². The molecule has 0 bridgehead atoms. The average molecular weight is 329 g/mol. The largest absolute Gasteiger partial charge is 0.298 e. The maximum absolute atomic E-state index is 11.9. The van der Waals surface area contributed by atoms with E-state index in [4.69, 9.17) is 0 Å². The van der Waals surface area contributed by atoms with Crippen LogP contribution in [-0.4, -0.2) is 9.55 Å². The maximum Gasteiger partial charge on any atom is 0.267 e. The number of rotatable bonds is 9. The Labute approximate surface area is 124 Å². The molecule has 0 aliphatic heterocycles. The fourth-order valence-corrected chi connectivity index (χ4v) is 2.45. The Morgan fingerprint density at radius 1 is 1.11 bits per heavy atom. The van der Waals surface area contributed by atoms with Gasteiger partial charge in [-0.25, -0.2) is 4.98 Å². The monoisotopic (exact) mass is 328 g/mol. The van der Waals surface area contributed by atoms with Crippen LogP contribution < -0.4 is 5.56 Å². The standard InChI is InChI=1S/C15H25BrN2O/c1-3-4-5-6-7-8-9-10-11-18-12-17-13(2)14(16)15(18)19/h12H,3-11H2,1-2H3. The first-order valence-corrected chi connectivity index (χ1v) is 8.17. The highest BCUT2D eigenvalue weighted by molar-refractivity contribution is 9.10. The average Bonchev–Trinajstić information content (AvgIpc) is 2.41. The first-order chi connectivity index (χ1) is 9.16. The van der Waals surface area contributed by atoms with Crippen molar-refractivity contribution in [1.29, 1.82) is 0 Å². The second-order valence-corrected chi connectivity index (χ2v) is 5.91. The molecule has 0 N–H and O–H groups in total. The summed E-state index contributed by atoms with van der Waals surface area (Å²) in [5, 5.41) is 0. The van der Waals surface area contributed by atoms with Gasteiger partial charge in [0.15, 0.2) is 0 Å². The summed E-state index contributed by atoms with van der Waals surface area (Å²) in [5.41, 5.74) is 0.799. The Morgan fingerprint density at radius 3 is 2.32 bits per heavy atom. The number of hydrogen-bond donors (Lipinski definition) is 0. The molecule has 19 heavy (non-hydrogen) atoms. The number of nitrogens with zero attached hydrogens (tertiary/aromatic N) is 2. The van der Waals surface area contributed by atoms with Crippen molar-refractivity contribution in [3.63, 3.8) is 0 Å². The van der Waals surface area contributed by atoms with Crippen LogP contribution >= 0.6 is 15.9 Å². The molecule has 1 heterocycles. The molecule has 0 atom stereocenters. The smallest absolute Gasteiger partial charge is 0.267 e. The molecule has 0 saturated heterocycles. The van der Waals surface area contributed by atoms with Gasteiger partial charge in [0.1, 0.15) is 4.47 Å². The number of hydrogen-bond acceptors (Lipinski definition) is 2. The molecule has 0 unspecified atom stereocenters. The van der Waals surface area contributed by atoms with Crippen LogP contribution in [0.5, 0.6) is 0 Å². The lowest BCUT2D eigenvalue weighted by atomic mass is 10.1. The zero-order valence-corrected chi connectivity index (χ0v) is 13.7. The predicted octanol–water partition coefficient (Wildman–Crippen LogP) is 4.45. The first kappa shape index (κ1) is 16.4. The quantitative estimate of drug-likeness (QED) is 0.627. The summed E-state index contributed by atoms with van der Waals surface area (Å²) < 4.78 is 2.29. The number of aryl methyl sites for hydroxylation is 2. The van der Waals surface area contributed by atoms with E-state index in [0.29, 0.717) is 4.47 Å². The molecule has 3 nitrogen and oxygen atoms in total. The molecule has 0 saturated carbocycles. The number of halogens is 1. The van der Waals surface area contributed by atoms with Crippen molar-refractivity contribution in [3.05, 3.63) is 26.8 Å². The Bertz CT molecular complexity index is 429. The van der Waals surface area contributed by atoms with Gasteiger partial charge in [-0.15, -0.1) is 0 Å². The maximum atomic E-state index is 11.9. The van der Waals surface area contributed by atoms with Crippen LogP contribution in [0.3, 0.4) is 0 Å². The zero-order chi connectivity index (χ0) is 14.1. The van der Waals surface area contributed by atoms with Crippen LogP contribution in [0.2, 0.25) is 0 Å². The third kappa shape index (κ3) is 5.89. The van der Waals surface area contributed by atoms with Crippen molar-refractivity contribution in [2.24, 2.45) is 0 Å². The van der Waals surface area contributed by atoms with Gasteiger partial charge in [0.05, 0.1) is 12.0 Å². The van der Waals surface area contributed by atoms with Gasteiger partial charge >= 0.3 is 0 Å². The molecule has 1 aromatic heterocycles. The predicted molar refractivity (Wildman–Crippen MR) is 83.5 cm³/mol. The van der Waals surface area contributed by atoms with Crippen LogP contribution in [-0.2, 0) is 6.54 Å². The van der Waals surface area contributed by atoms with Gasteiger partial charge in [-0.2, -0.15) is 0 Å². The van der Waals surface area contributed by atoms with Gasteiger partial charge in [-0.05, 0) is 29.3 Å². The lowest BCUT2D eigenvalue weighted by Gasteiger charge is -2.06. The Morgan fingerprint density at radius 2 is 1.68 bits per heavy atom. The molecular weight excluding hydrogens is 304 g/mol. The molecule has 0 spiro atoms. The highest BCUT2D eigenvalue weighted by Gasteiger charge is 2.04. The number of aromatic nitrogens is 2. The summed E-state index contributed by atoms with van der Waals surface area (Å²) in [6.07, 6.45) is 11.9. The van der Waals surface area contributed by atoms with E-state index >= 15 is 0 Å². The topological polar surface area (TPSA) is 34.9 Å². The minimum Gasteiger partial charge on any atom is -0.298 e. The lowest BCUT2D eigenvalue weighted by Crippen LogP contribution is -2.22. The summed E-state index contributed by atoms with van der Waals surface area (Å²) in [5.74, 6) is 0.